The van der Waals surface area contributed by atoms with Crippen molar-refractivity contribution in [2.75, 3.05) is 0 Å². The molecule has 0 N–H and O–H groups in total. The van der Waals surface area contributed by atoms with Crippen LogP contribution >= 0.6 is 11.6 Å². The molecule has 4 nitrogen and oxygen atoms in total. The third kappa shape index (κ3) is 2.62. The van der Waals surface area contributed by atoms with Crippen LogP contribution in [0.5, 0.6) is 0 Å². The fourth-order valence-corrected chi connectivity index (χ4v) is 3.49. The Morgan fingerprint density at radius 1 is 1.12 bits per heavy atom. The highest BCUT2D eigenvalue weighted by Crippen LogP contribution is 2.59. The van der Waals surface area contributed by atoms with Crippen LogP contribution in [0.25, 0.3) is 0 Å². The molecule has 2 aromatic carbocycles. The Balaban J connectivity index is 1.74. The van der Waals surface area contributed by atoms with E-state index in [1.807, 2.05) is 17.7 Å². The molecule has 1 fully saturated rings. The average Bonchev–Trinajstić information content (AvgIpc) is 3.02. The fourth-order valence-electron chi connectivity index (χ4n) is 3.16. The van der Waals surface area contributed by atoms with E-state index in [4.69, 9.17) is 16.3 Å². The Labute approximate surface area is 146 Å². The first-order chi connectivity index (χ1) is 11.6. The number of rotatable bonds is 4. The molecule has 2 unspecified atom stereocenters. The molecular formula is C19H18ClN3O. The van der Waals surface area contributed by atoms with Crippen LogP contribution < -0.4 is 0 Å². The molecule has 1 aliphatic heterocycles. The number of ether oxygens (including phenoxy) is 1. The Morgan fingerprint density at radius 3 is 2.54 bits per heavy atom. The van der Waals surface area contributed by atoms with Crippen LogP contribution in [0.1, 0.15) is 28.4 Å². The Morgan fingerprint density at radius 2 is 1.88 bits per heavy atom. The summed E-state index contributed by atoms with van der Waals surface area (Å²) in [5, 5.41) is 4.98. The van der Waals surface area contributed by atoms with Gasteiger partial charge in [-0.05, 0) is 31.0 Å². The van der Waals surface area contributed by atoms with Gasteiger partial charge in [-0.1, -0.05) is 53.6 Å². The fraction of sp³-hybridized carbons (Fsp3) is 0.263. The molecule has 122 valence electrons. The van der Waals surface area contributed by atoms with Crippen LogP contribution in [0.4, 0.5) is 0 Å². The van der Waals surface area contributed by atoms with E-state index < -0.39 is 5.60 Å². The van der Waals surface area contributed by atoms with Gasteiger partial charge in [-0.3, -0.25) is 0 Å². The second kappa shape index (κ2) is 5.72. The first-order valence-corrected chi connectivity index (χ1v) is 8.30. The normalized spacial score (nSPS) is 22.5. The number of hydrogen-bond donors (Lipinski definition) is 0. The molecule has 5 heteroatoms. The summed E-state index contributed by atoms with van der Waals surface area (Å²) in [5.41, 5.74) is 4.05. The summed E-state index contributed by atoms with van der Waals surface area (Å²) in [4.78, 5) is 4.04. The van der Waals surface area contributed by atoms with Gasteiger partial charge in [0.25, 0.3) is 0 Å². The van der Waals surface area contributed by atoms with Crippen molar-refractivity contribution in [2.45, 2.75) is 32.1 Å². The first kappa shape index (κ1) is 15.4. The maximum atomic E-state index is 6.47. The molecule has 1 aromatic heterocycles. The highest BCUT2D eigenvalue weighted by atomic mass is 35.5. The molecule has 0 radical (unpaired) electrons. The number of nitrogens with zero attached hydrogens (tertiary/aromatic N) is 3. The van der Waals surface area contributed by atoms with Gasteiger partial charge in [-0.2, -0.15) is 5.10 Å². The van der Waals surface area contributed by atoms with Gasteiger partial charge in [0.05, 0.1) is 6.54 Å². The summed E-state index contributed by atoms with van der Waals surface area (Å²) in [5.74, 6) is 0. The van der Waals surface area contributed by atoms with Gasteiger partial charge < -0.3 is 4.74 Å². The van der Waals surface area contributed by atoms with Crippen molar-refractivity contribution < 1.29 is 4.74 Å². The Kier molecular flexibility index (Phi) is 3.66. The monoisotopic (exact) mass is 339 g/mol. The number of aromatic nitrogens is 3. The average molecular weight is 340 g/mol. The second-order valence-corrected chi connectivity index (χ2v) is 6.78. The summed E-state index contributed by atoms with van der Waals surface area (Å²) < 4.78 is 8.05. The quantitative estimate of drug-likeness (QED) is 0.668. The van der Waals surface area contributed by atoms with Crippen molar-refractivity contribution in [3.05, 3.63) is 82.4 Å². The van der Waals surface area contributed by atoms with E-state index in [1.165, 1.54) is 5.56 Å². The highest BCUT2D eigenvalue weighted by molar-refractivity contribution is 6.31. The van der Waals surface area contributed by atoms with Crippen molar-refractivity contribution in [1.82, 2.24) is 14.8 Å². The van der Waals surface area contributed by atoms with Gasteiger partial charge in [-0.15, -0.1) is 0 Å². The molecule has 3 aromatic rings. The van der Waals surface area contributed by atoms with Gasteiger partial charge in [-0.25, -0.2) is 9.67 Å². The molecule has 0 amide bonds. The molecule has 0 spiro atoms. The van der Waals surface area contributed by atoms with Crippen LogP contribution in [0.2, 0.25) is 5.02 Å². The third-order valence-electron chi connectivity index (χ3n) is 4.54. The lowest BCUT2D eigenvalue weighted by Gasteiger charge is -2.14. The van der Waals surface area contributed by atoms with Crippen LogP contribution in [0, 0.1) is 13.8 Å². The van der Waals surface area contributed by atoms with E-state index in [-0.39, 0.29) is 6.10 Å². The van der Waals surface area contributed by atoms with Gasteiger partial charge in [0.15, 0.2) is 0 Å². The van der Waals surface area contributed by atoms with E-state index >= 15 is 0 Å². The van der Waals surface area contributed by atoms with E-state index in [0.29, 0.717) is 6.54 Å². The zero-order valence-electron chi connectivity index (χ0n) is 13.6. The van der Waals surface area contributed by atoms with Crippen LogP contribution in [-0.4, -0.2) is 14.8 Å². The van der Waals surface area contributed by atoms with E-state index in [0.717, 1.165) is 21.7 Å². The summed E-state index contributed by atoms with van der Waals surface area (Å²) >= 11 is 6.47. The second-order valence-electron chi connectivity index (χ2n) is 6.37. The van der Waals surface area contributed by atoms with Crippen LogP contribution in [0.15, 0.2) is 55.1 Å². The van der Waals surface area contributed by atoms with Crippen molar-refractivity contribution in [3.63, 3.8) is 0 Å². The molecule has 2 atom stereocenters. The van der Waals surface area contributed by atoms with Crippen LogP contribution in [-0.2, 0) is 16.9 Å². The van der Waals surface area contributed by atoms with E-state index in [2.05, 4.69) is 53.4 Å². The zero-order valence-corrected chi connectivity index (χ0v) is 14.4. The van der Waals surface area contributed by atoms with Crippen molar-refractivity contribution in [1.29, 1.82) is 0 Å². The van der Waals surface area contributed by atoms with Crippen molar-refractivity contribution >= 4 is 11.6 Å². The molecule has 2 heterocycles. The summed E-state index contributed by atoms with van der Waals surface area (Å²) in [6, 6.07) is 14.6. The lowest BCUT2D eigenvalue weighted by molar-refractivity contribution is 0.262. The number of halogens is 1. The van der Waals surface area contributed by atoms with E-state index in [9.17, 15) is 0 Å². The van der Waals surface area contributed by atoms with Crippen molar-refractivity contribution in [3.8, 4) is 0 Å². The Hall–Kier alpha value is -2.17. The molecule has 0 aliphatic carbocycles. The minimum absolute atomic E-state index is 0.0856. The van der Waals surface area contributed by atoms with Crippen LogP contribution in [0.3, 0.4) is 0 Å². The van der Waals surface area contributed by atoms with Gasteiger partial charge >= 0.3 is 0 Å². The molecular weight excluding hydrogens is 322 g/mol. The topological polar surface area (TPSA) is 43.2 Å². The van der Waals surface area contributed by atoms with Crippen molar-refractivity contribution in [2.24, 2.45) is 0 Å². The molecule has 0 saturated carbocycles. The number of epoxide rings is 1. The molecule has 1 aliphatic rings. The maximum absolute atomic E-state index is 6.47. The number of hydrogen-bond acceptors (Lipinski definition) is 3. The summed E-state index contributed by atoms with van der Waals surface area (Å²) in [6.45, 7) is 4.72. The molecule has 1 saturated heterocycles. The number of benzene rings is 2. The first-order valence-electron chi connectivity index (χ1n) is 7.92. The summed E-state index contributed by atoms with van der Waals surface area (Å²) in [7, 11) is 0. The largest absolute Gasteiger partial charge is 0.354 e. The SMILES string of the molecule is Cc1ccc(C2(Cn3cncn3)OC2c2ccc(C)cc2Cl)cc1. The lowest BCUT2D eigenvalue weighted by atomic mass is 9.91. The van der Waals surface area contributed by atoms with Gasteiger partial charge in [0.1, 0.15) is 24.4 Å². The lowest BCUT2D eigenvalue weighted by Crippen LogP contribution is -2.19. The smallest absolute Gasteiger partial charge is 0.144 e. The molecule has 24 heavy (non-hydrogen) atoms. The maximum Gasteiger partial charge on any atom is 0.144 e. The summed E-state index contributed by atoms with van der Waals surface area (Å²) in [6.07, 6.45) is 3.17. The minimum Gasteiger partial charge on any atom is -0.354 e. The van der Waals surface area contributed by atoms with Gasteiger partial charge in [0.2, 0.25) is 0 Å². The Bertz CT molecular complexity index is 861. The number of aryl methyl sites for hydroxylation is 2. The zero-order chi connectivity index (χ0) is 16.7. The highest BCUT2D eigenvalue weighted by Gasteiger charge is 2.59. The standard InChI is InChI=1S/C19H18ClN3O/c1-13-3-6-15(7-4-13)19(10-23-12-21-11-22-23)18(24-19)16-8-5-14(2)9-17(16)20/h3-9,11-12,18H,10H2,1-2H3. The molecule has 4 rings (SSSR count). The van der Waals surface area contributed by atoms with Gasteiger partial charge in [0, 0.05) is 10.6 Å². The van der Waals surface area contributed by atoms with E-state index in [1.54, 1.807) is 12.7 Å². The predicted molar refractivity (Wildman–Crippen MR) is 92.9 cm³/mol. The predicted octanol–water partition coefficient (Wildman–Crippen LogP) is 4.22. The third-order valence-corrected chi connectivity index (χ3v) is 4.86. The molecule has 0 bridgehead atoms. The minimum atomic E-state index is -0.458.